The van der Waals surface area contributed by atoms with Crippen molar-refractivity contribution in [1.29, 1.82) is 0 Å². The standard InChI is InChI=1S/C40H26N2/c1-2-11-32(12-3-1)41-24-23-28-20-22-38-39(40(28)41)36-15-6-7-16-37(36)42(38)33-13-8-10-29(26-33)30-19-21-35-31(25-30)18-17-27-9-4-5-14-34(27)35/h1-26H. The van der Waals surface area contributed by atoms with Crippen LogP contribution in [0.1, 0.15) is 0 Å². The van der Waals surface area contributed by atoms with E-state index >= 15 is 0 Å². The molecule has 7 aromatic carbocycles. The fourth-order valence-corrected chi connectivity index (χ4v) is 6.78. The van der Waals surface area contributed by atoms with Gasteiger partial charge in [-0.2, -0.15) is 0 Å². The van der Waals surface area contributed by atoms with Crippen molar-refractivity contribution in [3.05, 3.63) is 158 Å². The molecule has 0 aliphatic rings. The molecule has 0 atom stereocenters. The minimum Gasteiger partial charge on any atom is -0.316 e. The molecule has 9 aromatic rings. The number of hydrogen-bond donors (Lipinski definition) is 0. The van der Waals surface area contributed by atoms with Crippen molar-refractivity contribution in [2.24, 2.45) is 0 Å². The third-order valence-electron chi connectivity index (χ3n) is 8.70. The van der Waals surface area contributed by atoms with Crippen LogP contribution in [-0.2, 0) is 0 Å². The van der Waals surface area contributed by atoms with Crippen molar-refractivity contribution in [1.82, 2.24) is 9.13 Å². The van der Waals surface area contributed by atoms with Crippen LogP contribution in [0.5, 0.6) is 0 Å². The van der Waals surface area contributed by atoms with Crippen molar-refractivity contribution in [2.75, 3.05) is 0 Å². The molecule has 0 fully saturated rings. The molecule has 0 spiro atoms. The van der Waals surface area contributed by atoms with E-state index in [1.54, 1.807) is 0 Å². The van der Waals surface area contributed by atoms with Gasteiger partial charge in [0, 0.05) is 33.7 Å². The van der Waals surface area contributed by atoms with Gasteiger partial charge >= 0.3 is 0 Å². The molecule has 9 rings (SSSR count). The zero-order valence-electron chi connectivity index (χ0n) is 22.9. The van der Waals surface area contributed by atoms with Crippen molar-refractivity contribution in [3.8, 4) is 22.5 Å². The minimum atomic E-state index is 1.16. The molecule has 2 nitrogen and oxygen atoms in total. The third-order valence-corrected chi connectivity index (χ3v) is 8.70. The quantitative estimate of drug-likeness (QED) is 0.200. The van der Waals surface area contributed by atoms with Gasteiger partial charge in [0.2, 0.25) is 0 Å². The predicted molar refractivity (Wildman–Crippen MR) is 178 cm³/mol. The van der Waals surface area contributed by atoms with Gasteiger partial charge in [-0.3, -0.25) is 0 Å². The monoisotopic (exact) mass is 534 g/mol. The zero-order valence-corrected chi connectivity index (χ0v) is 22.9. The van der Waals surface area contributed by atoms with Gasteiger partial charge in [-0.05, 0) is 81.2 Å². The lowest BCUT2D eigenvalue weighted by Crippen LogP contribution is -1.95. The molecule has 0 unspecified atom stereocenters. The highest BCUT2D eigenvalue weighted by Gasteiger charge is 2.17. The summed E-state index contributed by atoms with van der Waals surface area (Å²) in [7, 11) is 0. The van der Waals surface area contributed by atoms with Gasteiger partial charge in [0.05, 0.1) is 16.6 Å². The van der Waals surface area contributed by atoms with E-state index in [0.717, 1.165) is 5.69 Å². The van der Waals surface area contributed by atoms with E-state index < -0.39 is 0 Å². The fourth-order valence-electron chi connectivity index (χ4n) is 6.78. The van der Waals surface area contributed by atoms with E-state index in [4.69, 9.17) is 0 Å². The van der Waals surface area contributed by atoms with Crippen LogP contribution in [0.3, 0.4) is 0 Å². The first-order chi connectivity index (χ1) is 20.8. The zero-order chi connectivity index (χ0) is 27.6. The van der Waals surface area contributed by atoms with Gasteiger partial charge in [0.15, 0.2) is 0 Å². The lowest BCUT2D eigenvalue weighted by Gasteiger charge is -2.12. The number of nitrogens with zero attached hydrogens (tertiary/aromatic N) is 2. The molecule has 0 radical (unpaired) electrons. The van der Waals surface area contributed by atoms with E-state index in [-0.39, 0.29) is 0 Å². The summed E-state index contributed by atoms with van der Waals surface area (Å²) < 4.78 is 4.74. The van der Waals surface area contributed by atoms with Crippen LogP contribution < -0.4 is 0 Å². The second kappa shape index (κ2) is 8.95. The summed E-state index contributed by atoms with van der Waals surface area (Å²) >= 11 is 0. The number of benzene rings is 7. The number of hydrogen-bond acceptors (Lipinski definition) is 0. The highest BCUT2D eigenvalue weighted by molar-refractivity contribution is 6.20. The number of para-hydroxylation sites is 2. The summed E-state index contributed by atoms with van der Waals surface area (Å²) in [5.41, 5.74) is 8.43. The Kier molecular flexibility index (Phi) is 4.93. The van der Waals surface area contributed by atoms with E-state index in [0.29, 0.717) is 0 Å². The smallest absolute Gasteiger partial charge is 0.0628 e. The molecule has 196 valence electrons. The van der Waals surface area contributed by atoms with Gasteiger partial charge in [-0.25, -0.2) is 0 Å². The van der Waals surface area contributed by atoms with Gasteiger partial charge < -0.3 is 9.13 Å². The molecule has 0 amide bonds. The van der Waals surface area contributed by atoms with E-state index in [1.165, 1.54) is 71.1 Å². The summed E-state index contributed by atoms with van der Waals surface area (Å²) in [5.74, 6) is 0. The molecule has 42 heavy (non-hydrogen) atoms. The third kappa shape index (κ3) is 3.39. The Balaban J connectivity index is 1.27. The van der Waals surface area contributed by atoms with E-state index in [2.05, 4.69) is 167 Å². The Morgan fingerprint density at radius 1 is 0.381 bits per heavy atom. The predicted octanol–water partition coefficient (Wildman–Crippen LogP) is 10.7. The highest BCUT2D eigenvalue weighted by atomic mass is 15.0. The summed E-state index contributed by atoms with van der Waals surface area (Å²) in [6.07, 6.45) is 2.19. The molecule has 0 saturated heterocycles. The van der Waals surface area contributed by atoms with Crippen molar-refractivity contribution in [2.45, 2.75) is 0 Å². The number of aromatic nitrogens is 2. The molecule has 0 aliphatic carbocycles. The van der Waals surface area contributed by atoms with Gasteiger partial charge in [0.1, 0.15) is 0 Å². The maximum atomic E-state index is 2.42. The Bertz CT molecular complexity index is 2460. The largest absolute Gasteiger partial charge is 0.316 e. The first-order valence-electron chi connectivity index (χ1n) is 14.4. The summed E-state index contributed by atoms with van der Waals surface area (Å²) in [6, 6.07) is 55.1. The molecule has 0 saturated carbocycles. The lowest BCUT2D eigenvalue weighted by atomic mass is 9.97. The van der Waals surface area contributed by atoms with Crippen LogP contribution in [0.15, 0.2) is 158 Å². The summed E-state index contributed by atoms with van der Waals surface area (Å²) in [5, 5.41) is 8.91. The summed E-state index contributed by atoms with van der Waals surface area (Å²) in [6.45, 7) is 0. The molecule has 2 heteroatoms. The second-order valence-corrected chi connectivity index (χ2v) is 11.0. The van der Waals surface area contributed by atoms with Crippen LogP contribution in [0, 0.1) is 0 Å². The average molecular weight is 535 g/mol. The maximum Gasteiger partial charge on any atom is 0.0628 e. The number of rotatable bonds is 3. The van der Waals surface area contributed by atoms with Crippen molar-refractivity contribution < 1.29 is 0 Å². The van der Waals surface area contributed by atoms with Gasteiger partial charge in [0.25, 0.3) is 0 Å². The molecule has 2 heterocycles. The first kappa shape index (κ1) is 23.1. The molecule has 0 bridgehead atoms. The van der Waals surface area contributed by atoms with Crippen molar-refractivity contribution in [3.63, 3.8) is 0 Å². The van der Waals surface area contributed by atoms with Crippen LogP contribution >= 0.6 is 0 Å². The van der Waals surface area contributed by atoms with Crippen LogP contribution in [-0.4, -0.2) is 9.13 Å². The topological polar surface area (TPSA) is 9.86 Å². The number of fused-ring (bicyclic) bond motifs is 8. The molecular formula is C40H26N2. The van der Waals surface area contributed by atoms with Crippen molar-refractivity contribution >= 4 is 54.3 Å². The Hall–Kier alpha value is -5.60. The van der Waals surface area contributed by atoms with Crippen LogP contribution in [0.2, 0.25) is 0 Å². The van der Waals surface area contributed by atoms with Gasteiger partial charge in [-0.1, -0.05) is 103 Å². The first-order valence-corrected chi connectivity index (χ1v) is 14.4. The lowest BCUT2D eigenvalue weighted by molar-refractivity contribution is 1.13. The Morgan fingerprint density at radius 2 is 1.10 bits per heavy atom. The van der Waals surface area contributed by atoms with Gasteiger partial charge in [-0.15, -0.1) is 0 Å². The second-order valence-electron chi connectivity index (χ2n) is 11.0. The maximum absolute atomic E-state index is 2.42. The van der Waals surface area contributed by atoms with E-state index in [9.17, 15) is 0 Å². The SMILES string of the molecule is c1ccc(-n2ccc3ccc4c(c5ccccc5n4-c4cccc(-c5ccc6c(ccc7ccccc76)c5)c4)c32)cc1. The highest BCUT2D eigenvalue weighted by Crippen LogP contribution is 2.39. The average Bonchev–Trinajstić information content (AvgIpc) is 3.64. The Labute approximate surface area is 243 Å². The normalized spacial score (nSPS) is 11.8. The molecular weight excluding hydrogens is 508 g/mol. The summed E-state index contributed by atoms with van der Waals surface area (Å²) in [4.78, 5) is 0. The Morgan fingerprint density at radius 3 is 2.02 bits per heavy atom. The van der Waals surface area contributed by atoms with Crippen LogP contribution in [0.25, 0.3) is 76.8 Å². The molecule has 0 aliphatic heterocycles. The fraction of sp³-hybridized carbons (Fsp3) is 0. The minimum absolute atomic E-state index is 1.16. The molecule has 2 aromatic heterocycles. The van der Waals surface area contributed by atoms with E-state index in [1.807, 2.05) is 0 Å². The van der Waals surface area contributed by atoms with Crippen LogP contribution in [0.4, 0.5) is 0 Å². The molecule has 0 N–H and O–H groups in total.